The fourth-order valence-corrected chi connectivity index (χ4v) is 4.71. The summed E-state index contributed by atoms with van der Waals surface area (Å²) >= 11 is 0. The monoisotopic (exact) mass is 560 g/mol. The number of methoxy groups -OCH3 is 4. The number of carbonyl (C=O) groups is 2. The average molecular weight is 561 g/mol. The molecule has 41 heavy (non-hydrogen) atoms. The maximum Gasteiger partial charge on any atom is 0.356 e. The van der Waals surface area contributed by atoms with Crippen molar-refractivity contribution in [2.45, 2.75) is 33.4 Å². The highest BCUT2D eigenvalue weighted by Crippen LogP contribution is 2.38. The van der Waals surface area contributed by atoms with Gasteiger partial charge in [0.25, 0.3) is 0 Å². The van der Waals surface area contributed by atoms with Crippen LogP contribution in [0.1, 0.15) is 35.5 Å². The van der Waals surface area contributed by atoms with Crippen molar-refractivity contribution in [2.24, 2.45) is 5.92 Å². The van der Waals surface area contributed by atoms with Gasteiger partial charge in [0, 0.05) is 18.5 Å². The molecular formula is C31H36N4O6. The number of aromatic nitrogens is 2. The van der Waals surface area contributed by atoms with Crippen molar-refractivity contribution in [3.8, 4) is 17.2 Å². The molecule has 0 aliphatic heterocycles. The van der Waals surface area contributed by atoms with Gasteiger partial charge in [0.05, 0.1) is 52.4 Å². The summed E-state index contributed by atoms with van der Waals surface area (Å²) < 4.78 is 23.3. The zero-order valence-electron chi connectivity index (χ0n) is 24.2. The number of pyridine rings is 1. The Bertz CT molecular complexity index is 1510. The van der Waals surface area contributed by atoms with Gasteiger partial charge in [-0.25, -0.2) is 9.78 Å². The lowest BCUT2D eigenvalue weighted by Crippen LogP contribution is -2.19. The van der Waals surface area contributed by atoms with Crippen molar-refractivity contribution >= 4 is 34.3 Å². The van der Waals surface area contributed by atoms with Crippen LogP contribution in [-0.2, 0) is 29.0 Å². The molecule has 2 N–H and O–H groups in total. The maximum atomic E-state index is 13.1. The summed E-state index contributed by atoms with van der Waals surface area (Å²) in [5.74, 6) is 1.02. The number of carbonyl (C=O) groups excluding carboxylic acids is 2. The Labute approximate surface area is 239 Å². The molecule has 10 nitrogen and oxygen atoms in total. The molecule has 0 saturated carbocycles. The second-order valence-electron chi connectivity index (χ2n) is 9.91. The first kappa shape index (κ1) is 29.3. The van der Waals surface area contributed by atoms with Gasteiger partial charge in [0.1, 0.15) is 5.65 Å². The summed E-state index contributed by atoms with van der Waals surface area (Å²) in [5, 5.41) is 6.98. The van der Waals surface area contributed by atoms with Crippen LogP contribution in [0.4, 0.5) is 11.4 Å². The Hall–Kier alpha value is -4.73. The van der Waals surface area contributed by atoms with Crippen molar-refractivity contribution in [3.63, 3.8) is 0 Å². The third-order valence-corrected chi connectivity index (χ3v) is 6.52. The van der Waals surface area contributed by atoms with Crippen LogP contribution in [0.5, 0.6) is 17.2 Å². The third kappa shape index (κ3) is 6.54. The fraction of sp³-hybridized carbons (Fsp3) is 0.323. The highest BCUT2D eigenvalue weighted by Gasteiger charge is 2.26. The van der Waals surface area contributed by atoms with Crippen LogP contribution in [0, 0.1) is 5.92 Å². The first-order valence-electron chi connectivity index (χ1n) is 13.3. The molecule has 0 fully saturated rings. The minimum absolute atomic E-state index is 0.158. The lowest BCUT2D eigenvalue weighted by atomic mass is 10.1. The summed E-state index contributed by atoms with van der Waals surface area (Å²) in [5.41, 5.74) is 3.66. The zero-order chi connectivity index (χ0) is 29.5. The number of benzene rings is 2. The molecule has 1 amide bonds. The SMILES string of the molecule is COC(=O)c1c(NC(=O)Cc2ccccc2)c2cc(NCc3cc(OC)c(OC)c(OC)c3)cnc2n1CC(C)C. The normalized spacial score (nSPS) is 10.9. The van der Waals surface area contributed by atoms with Crippen LogP contribution < -0.4 is 24.8 Å². The number of nitrogens with one attached hydrogen (secondary N) is 2. The molecular weight excluding hydrogens is 524 g/mol. The molecule has 0 spiro atoms. The van der Waals surface area contributed by atoms with E-state index in [9.17, 15) is 9.59 Å². The van der Waals surface area contributed by atoms with Gasteiger partial charge in [-0.05, 0) is 35.2 Å². The summed E-state index contributed by atoms with van der Waals surface area (Å²) in [4.78, 5) is 30.9. The van der Waals surface area contributed by atoms with Crippen molar-refractivity contribution in [2.75, 3.05) is 39.1 Å². The molecule has 2 heterocycles. The second kappa shape index (κ2) is 13.1. The first-order valence-corrected chi connectivity index (χ1v) is 13.3. The molecule has 0 unspecified atom stereocenters. The van der Waals surface area contributed by atoms with Crippen LogP contribution in [0.3, 0.4) is 0 Å². The minimum Gasteiger partial charge on any atom is -0.493 e. The van der Waals surface area contributed by atoms with Crippen molar-refractivity contribution in [1.29, 1.82) is 0 Å². The van der Waals surface area contributed by atoms with Gasteiger partial charge in [-0.1, -0.05) is 44.2 Å². The van der Waals surface area contributed by atoms with E-state index in [0.29, 0.717) is 52.7 Å². The van der Waals surface area contributed by atoms with Crippen LogP contribution in [0.15, 0.2) is 54.7 Å². The van der Waals surface area contributed by atoms with E-state index in [1.165, 1.54) is 7.11 Å². The number of anilines is 2. The number of fused-ring (bicyclic) bond motifs is 1. The Balaban J connectivity index is 1.73. The molecule has 10 heteroatoms. The molecule has 2 aromatic carbocycles. The summed E-state index contributed by atoms with van der Waals surface area (Å²) in [7, 11) is 6.03. The highest BCUT2D eigenvalue weighted by atomic mass is 16.5. The molecule has 216 valence electrons. The van der Waals surface area contributed by atoms with Crippen LogP contribution in [0.25, 0.3) is 11.0 Å². The molecule has 0 aliphatic rings. The van der Waals surface area contributed by atoms with Gasteiger partial charge in [-0.3, -0.25) is 4.79 Å². The van der Waals surface area contributed by atoms with Crippen molar-refractivity contribution < 1.29 is 28.5 Å². The number of hydrogen-bond acceptors (Lipinski definition) is 8. The van der Waals surface area contributed by atoms with Gasteiger partial charge in [0.2, 0.25) is 11.7 Å². The van der Waals surface area contributed by atoms with Crippen molar-refractivity contribution in [3.05, 3.63) is 71.5 Å². The Morgan fingerprint density at radius 2 is 1.61 bits per heavy atom. The van der Waals surface area contributed by atoms with Gasteiger partial charge in [-0.2, -0.15) is 0 Å². The van der Waals surface area contributed by atoms with Crippen LogP contribution in [0.2, 0.25) is 0 Å². The van der Waals surface area contributed by atoms with E-state index in [2.05, 4.69) is 10.6 Å². The number of rotatable bonds is 12. The number of esters is 1. The van der Waals surface area contributed by atoms with E-state index in [1.54, 1.807) is 27.5 Å². The fourth-order valence-electron chi connectivity index (χ4n) is 4.71. The quantitative estimate of drug-likeness (QED) is 0.225. The highest BCUT2D eigenvalue weighted by molar-refractivity contribution is 6.11. The van der Waals surface area contributed by atoms with Crippen molar-refractivity contribution in [1.82, 2.24) is 9.55 Å². The van der Waals surface area contributed by atoms with Gasteiger partial charge in [-0.15, -0.1) is 0 Å². The van der Waals surface area contributed by atoms with E-state index in [0.717, 1.165) is 11.1 Å². The van der Waals surface area contributed by atoms with E-state index >= 15 is 0 Å². The Kier molecular flexibility index (Phi) is 9.34. The van der Waals surface area contributed by atoms with E-state index in [4.69, 9.17) is 23.9 Å². The molecule has 0 radical (unpaired) electrons. The molecule has 0 saturated heterocycles. The molecule has 0 bridgehead atoms. The third-order valence-electron chi connectivity index (χ3n) is 6.52. The number of ether oxygens (including phenoxy) is 4. The topological polar surface area (TPSA) is 113 Å². The predicted molar refractivity (Wildman–Crippen MR) is 158 cm³/mol. The average Bonchev–Trinajstić information content (AvgIpc) is 3.26. The van der Waals surface area contributed by atoms with Crippen LogP contribution >= 0.6 is 0 Å². The maximum absolute atomic E-state index is 13.1. The van der Waals surface area contributed by atoms with Gasteiger partial charge < -0.3 is 34.1 Å². The summed E-state index contributed by atoms with van der Waals surface area (Å²) in [6.45, 7) is 5.04. The largest absolute Gasteiger partial charge is 0.493 e. The number of nitrogens with zero attached hydrogens (tertiary/aromatic N) is 2. The smallest absolute Gasteiger partial charge is 0.356 e. The lowest BCUT2D eigenvalue weighted by Gasteiger charge is -2.15. The molecule has 0 atom stereocenters. The van der Waals surface area contributed by atoms with Crippen LogP contribution in [-0.4, -0.2) is 49.9 Å². The number of hydrogen-bond donors (Lipinski definition) is 2. The molecule has 4 aromatic rings. The molecule has 2 aromatic heterocycles. The number of amides is 1. The van der Waals surface area contributed by atoms with E-state index in [1.807, 2.05) is 66.9 Å². The Morgan fingerprint density at radius 1 is 0.927 bits per heavy atom. The summed E-state index contributed by atoms with van der Waals surface area (Å²) in [6.07, 6.45) is 1.86. The first-order chi connectivity index (χ1) is 19.8. The lowest BCUT2D eigenvalue weighted by molar-refractivity contribution is -0.115. The minimum atomic E-state index is -0.550. The summed E-state index contributed by atoms with van der Waals surface area (Å²) in [6, 6.07) is 15.0. The van der Waals surface area contributed by atoms with E-state index < -0.39 is 5.97 Å². The zero-order valence-corrected chi connectivity index (χ0v) is 24.2. The standard InChI is InChI=1S/C31H36N4O6/c1-19(2)18-35-28(31(37)41-6)27(34-26(36)14-20-10-8-7-9-11-20)23-15-22(17-33-30(23)35)32-16-21-12-24(38-3)29(40-5)25(13-21)39-4/h7-13,15,17,19,32H,14,16,18H2,1-6H3,(H,34,36). The van der Waals surface area contributed by atoms with E-state index in [-0.39, 0.29) is 23.9 Å². The molecule has 4 rings (SSSR count). The predicted octanol–water partition coefficient (Wildman–Crippen LogP) is 5.30. The van der Waals surface area contributed by atoms with Gasteiger partial charge >= 0.3 is 5.97 Å². The Morgan fingerprint density at radius 3 is 2.20 bits per heavy atom. The molecule has 0 aliphatic carbocycles. The van der Waals surface area contributed by atoms with Gasteiger partial charge in [0.15, 0.2) is 17.2 Å². The second-order valence-corrected chi connectivity index (χ2v) is 9.91.